The summed E-state index contributed by atoms with van der Waals surface area (Å²) in [7, 11) is 0. The van der Waals surface area contributed by atoms with Crippen molar-refractivity contribution in [1.29, 1.82) is 0 Å². The molecular weight excluding hydrogens is 152 g/mol. The topological polar surface area (TPSA) is 29.5 Å². The van der Waals surface area contributed by atoms with Gasteiger partial charge in [0.2, 0.25) is 0 Å². The molecule has 0 aliphatic rings. The summed E-state index contributed by atoms with van der Waals surface area (Å²) in [6.45, 7) is 4.12. The summed E-state index contributed by atoms with van der Waals surface area (Å²) in [4.78, 5) is 0. The third kappa shape index (κ3) is 9.24. The predicted molar refractivity (Wildman–Crippen MR) is 50.8 cm³/mol. The molecule has 2 heteroatoms. The highest BCUT2D eigenvalue weighted by Gasteiger charge is 1.82. The molecule has 0 bridgehead atoms. The van der Waals surface area contributed by atoms with Crippen molar-refractivity contribution in [3.05, 3.63) is 25.0 Å². The summed E-state index contributed by atoms with van der Waals surface area (Å²) in [5, 5.41) is 8.37. The van der Waals surface area contributed by atoms with Crippen LogP contribution in [0.5, 0.6) is 0 Å². The second kappa shape index (κ2) is 10.2. The van der Waals surface area contributed by atoms with Gasteiger partial charge in [-0.2, -0.15) is 0 Å². The number of rotatable bonds is 8. The van der Waals surface area contributed by atoms with Crippen molar-refractivity contribution in [2.75, 3.05) is 13.2 Å². The largest absolute Gasteiger partial charge is 0.499 e. The molecule has 0 heterocycles. The Labute approximate surface area is 74.6 Å². The smallest absolute Gasteiger partial charge is 0.110 e. The lowest BCUT2D eigenvalue weighted by Crippen LogP contribution is -1.91. The molecule has 2 nitrogen and oxygen atoms in total. The Morgan fingerprint density at radius 1 is 1.25 bits per heavy atom. The summed E-state index contributed by atoms with van der Waals surface area (Å²) < 4.78 is 4.94. The van der Waals surface area contributed by atoms with Gasteiger partial charge in [0, 0.05) is 0 Å². The second-order valence-electron chi connectivity index (χ2n) is 2.54. The zero-order valence-corrected chi connectivity index (χ0v) is 7.54. The number of hydrogen-bond donors (Lipinski definition) is 1. The van der Waals surface area contributed by atoms with Gasteiger partial charge in [-0.25, -0.2) is 0 Å². The van der Waals surface area contributed by atoms with Gasteiger partial charge in [-0.05, 0) is 31.8 Å². The Hall–Kier alpha value is -0.760. The van der Waals surface area contributed by atoms with Crippen molar-refractivity contribution in [2.45, 2.75) is 25.7 Å². The molecule has 0 saturated carbocycles. The lowest BCUT2D eigenvalue weighted by atomic mass is 10.2. The molecule has 0 rings (SSSR count). The maximum atomic E-state index is 8.37. The third-order valence-corrected chi connectivity index (χ3v) is 1.43. The molecule has 0 aliphatic carbocycles. The first-order valence-electron chi connectivity index (χ1n) is 4.40. The van der Waals surface area contributed by atoms with E-state index in [1.807, 2.05) is 12.2 Å². The molecule has 12 heavy (non-hydrogen) atoms. The summed E-state index contributed by atoms with van der Waals surface area (Å²) in [5.74, 6) is 0. The highest BCUT2D eigenvalue weighted by Crippen LogP contribution is 2.00. The minimum Gasteiger partial charge on any atom is -0.499 e. The molecular formula is C10H18O2. The van der Waals surface area contributed by atoms with E-state index in [4.69, 9.17) is 9.84 Å². The minimum absolute atomic E-state index is 0.0841. The van der Waals surface area contributed by atoms with Gasteiger partial charge in [-0.3, -0.25) is 0 Å². The summed E-state index contributed by atoms with van der Waals surface area (Å²) in [5.41, 5.74) is 0. The lowest BCUT2D eigenvalue weighted by molar-refractivity contribution is 0.165. The lowest BCUT2D eigenvalue weighted by Gasteiger charge is -1.95. The van der Waals surface area contributed by atoms with Crippen LogP contribution in [-0.4, -0.2) is 18.3 Å². The highest BCUT2D eigenvalue weighted by molar-refractivity contribution is 4.74. The van der Waals surface area contributed by atoms with Crippen LogP contribution in [0.3, 0.4) is 0 Å². The van der Waals surface area contributed by atoms with Crippen LogP contribution in [-0.2, 0) is 4.74 Å². The summed E-state index contributed by atoms with van der Waals surface area (Å²) >= 11 is 0. The Morgan fingerprint density at radius 2 is 2.00 bits per heavy atom. The molecule has 1 N–H and O–H groups in total. The van der Waals surface area contributed by atoms with Crippen molar-refractivity contribution in [2.24, 2.45) is 0 Å². The zero-order valence-electron chi connectivity index (χ0n) is 7.54. The molecule has 0 aromatic carbocycles. The quantitative estimate of drug-likeness (QED) is 0.344. The second-order valence-corrected chi connectivity index (χ2v) is 2.54. The molecule has 0 spiro atoms. The first-order chi connectivity index (χ1) is 5.91. The molecule has 0 aliphatic heterocycles. The Balaban J connectivity index is 2.97. The maximum Gasteiger partial charge on any atom is 0.110 e. The van der Waals surface area contributed by atoms with Crippen LogP contribution in [0.2, 0.25) is 0 Å². The van der Waals surface area contributed by atoms with Gasteiger partial charge in [0.15, 0.2) is 0 Å². The van der Waals surface area contributed by atoms with Crippen molar-refractivity contribution < 1.29 is 9.84 Å². The fourth-order valence-corrected chi connectivity index (χ4v) is 0.808. The van der Waals surface area contributed by atoms with E-state index in [2.05, 4.69) is 6.58 Å². The van der Waals surface area contributed by atoms with E-state index >= 15 is 0 Å². The molecule has 0 aromatic rings. The van der Waals surface area contributed by atoms with E-state index < -0.39 is 0 Å². The minimum atomic E-state index is 0.0841. The van der Waals surface area contributed by atoms with Crippen LogP contribution < -0.4 is 0 Å². The number of ether oxygens (including phenoxy) is 1. The van der Waals surface area contributed by atoms with Gasteiger partial charge >= 0.3 is 0 Å². The Bertz CT molecular complexity index is 119. The van der Waals surface area contributed by atoms with Crippen LogP contribution in [0.15, 0.2) is 25.0 Å². The molecule has 70 valence electrons. The van der Waals surface area contributed by atoms with Crippen LogP contribution in [0.4, 0.5) is 0 Å². The Morgan fingerprint density at radius 3 is 2.67 bits per heavy atom. The molecule has 0 fully saturated rings. The zero-order chi connectivity index (χ0) is 9.07. The molecule has 0 atom stereocenters. The molecule has 0 amide bonds. The number of unbranched alkanes of at least 4 members (excludes halogenated alkanes) is 3. The first kappa shape index (κ1) is 11.2. The fourth-order valence-electron chi connectivity index (χ4n) is 0.808. The van der Waals surface area contributed by atoms with Gasteiger partial charge in [0.05, 0.1) is 12.9 Å². The van der Waals surface area contributed by atoms with Crippen LogP contribution in [0.1, 0.15) is 25.7 Å². The van der Waals surface area contributed by atoms with Crippen molar-refractivity contribution in [3.63, 3.8) is 0 Å². The number of hydrogen-bond acceptors (Lipinski definition) is 2. The van der Waals surface area contributed by atoms with Crippen LogP contribution in [0.25, 0.3) is 0 Å². The van der Waals surface area contributed by atoms with Crippen LogP contribution in [0, 0.1) is 0 Å². The number of allylic oxidation sites excluding steroid dienone is 2. The van der Waals surface area contributed by atoms with E-state index in [9.17, 15) is 0 Å². The van der Waals surface area contributed by atoms with Crippen LogP contribution >= 0.6 is 0 Å². The molecule has 0 saturated heterocycles. The molecule has 0 radical (unpaired) electrons. The maximum absolute atomic E-state index is 8.37. The van der Waals surface area contributed by atoms with E-state index in [-0.39, 0.29) is 6.61 Å². The monoisotopic (exact) mass is 170 g/mol. The number of aliphatic hydroxyl groups excluding tert-OH is 1. The average Bonchev–Trinajstić information content (AvgIpc) is 2.10. The Kier molecular flexibility index (Phi) is 9.59. The van der Waals surface area contributed by atoms with E-state index in [0.29, 0.717) is 6.61 Å². The normalized spacial score (nSPS) is 10.4. The van der Waals surface area contributed by atoms with Gasteiger partial charge in [0.25, 0.3) is 0 Å². The van der Waals surface area contributed by atoms with Crippen molar-refractivity contribution >= 4 is 0 Å². The predicted octanol–water partition coefficient (Wildman–Crippen LogP) is 2.26. The first-order valence-corrected chi connectivity index (χ1v) is 4.40. The van der Waals surface area contributed by atoms with E-state index in [0.717, 1.165) is 12.8 Å². The summed E-state index contributed by atoms with van der Waals surface area (Å²) in [6, 6.07) is 0. The van der Waals surface area contributed by atoms with Gasteiger partial charge in [-0.1, -0.05) is 6.08 Å². The van der Waals surface area contributed by atoms with Crippen molar-refractivity contribution in [1.82, 2.24) is 0 Å². The molecule has 0 aromatic heterocycles. The molecule has 0 unspecified atom stereocenters. The highest BCUT2D eigenvalue weighted by atomic mass is 16.5. The van der Waals surface area contributed by atoms with Gasteiger partial charge in [0.1, 0.15) is 6.61 Å². The van der Waals surface area contributed by atoms with Crippen molar-refractivity contribution in [3.8, 4) is 0 Å². The fraction of sp³-hybridized carbons (Fsp3) is 0.600. The van der Waals surface area contributed by atoms with Gasteiger partial charge in [-0.15, -0.1) is 6.58 Å². The summed E-state index contributed by atoms with van der Waals surface area (Å²) in [6.07, 6.45) is 10.1. The SMILES string of the molecule is C=CCCCC/C=C/OCCO. The van der Waals surface area contributed by atoms with E-state index in [1.54, 1.807) is 6.26 Å². The van der Waals surface area contributed by atoms with Gasteiger partial charge < -0.3 is 9.84 Å². The average molecular weight is 170 g/mol. The van der Waals surface area contributed by atoms with E-state index in [1.165, 1.54) is 12.8 Å². The third-order valence-electron chi connectivity index (χ3n) is 1.43. The standard InChI is InChI=1S/C10H18O2/c1-2-3-4-5-6-7-9-12-10-8-11/h2,7,9,11H,1,3-6,8,10H2/b9-7+. The number of aliphatic hydroxyl groups is 1.